The van der Waals surface area contributed by atoms with Gasteiger partial charge in [0, 0.05) is 12.6 Å². The molecule has 21 heavy (non-hydrogen) atoms. The van der Waals surface area contributed by atoms with Crippen molar-refractivity contribution < 1.29 is 8.42 Å². The van der Waals surface area contributed by atoms with E-state index in [0.29, 0.717) is 6.04 Å². The van der Waals surface area contributed by atoms with E-state index in [4.69, 9.17) is 5.14 Å². The summed E-state index contributed by atoms with van der Waals surface area (Å²) in [5.74, 6) is 0. The van der Waals surface area contributed by atoms with Gasteiger partial charge in [0.2, 0.25) is 10.0 Å². The van der Waals surface area contributed by atoms with Gasteiger partial charge in [-0.15, -0.1) is 0 Å². The Kier molecular flexibility index (Phi) is 3.97. The van der Waals surface area contributed by atoms with E-state index in [1.54, 1.807) is 0 Å². The lowest BCUT2D eigenvalue weighted by Gasteiger charge is -2.24. The van der Waals surface area contributed by atoms with Gasteiger partial charge in [0.1, 0.15) is 0 Å². The van der Waals surface area contributed by atoms with E-state index in [2.05, 4.69) is 22.0 Å². The third-order valence-electron chi connectivity index (χ3n) is 3.69. The summed E-state index contributed by atoms with van der Waals surface area (Å²) in [6.07, 6.45) is 4.50. The van der Waals surface area contributed by atoms with Crippen LogP contribution in [0, 0.1) is 0 Å². The summed E-state index contributed by atoms with van der Waals surface area (Å²) in [5.41, 5.74) is 1.29. The maximum absolute atomic E-state index is 11.4. The Morgan fingerprint density at radius 3 is 2.76 bits per heavy atom. The van der Waals surface area contributed by atoms with Gasteiger partial charge in [-0.25, -0.2) is 18.5 Å². The maximum Gasteiger partial charge on any atom is 0.249 e. The Hall–Kier alpha value is -1.44. The smallest absolute Gasteiger partial charge is 0.249 e. The van der Waals surface area contributed by atoms with Crippen molar-refractivity contribution in [3.63, 3.8) is 0 Å². The first-order chi connectivity index (χ1) is 10.0. The Morgan fingerprint density at radius 1 is 1.33 bits per heavy atom. The maximum atomic E-state index is 11.4. The molecule has 1 saturated heterocycles. The van der Waals surface area contributed by atoms with Crippen LogP contribution in [0.15, 0.2) is 40.7 Å². The third-order valence-corrected chi connectivity index (χ3v) is 6.13. The molecule has 1 atom stereocenters. The first-order valence-electron chi connectivity index (χ1n) is 6.83. The molecule has 1 aliphatic rings. The summed E-state index contributed by atoms with van der Waals surface area (Å²) in [6.45, 7) is 0.912. The number of aromatic nitrogens is 1. The van der Waals surface area contributed by atoms with Crippen molar-refractivity contribution in [2.75, 3.05) is 11.4 Å². The van der Waals surface area contributed by atoms with E-state index < -0.39 is 10.0 Å². The molecule has 1 aliphatic heterocycles. The molecule has 0 amide bonds. The molecular weight excluding hydrogens is 306 g/mol. The minimum Gasteiger partial charge on any atom is -0.345 e. The van der Waals surface area contributed by atoms with Gasteiger partial charge in [-0.2, -0.15) is 0 Å². The van der Waals surface area contributed by atoms with Crippen LogP contribution in [0.1, 0.15) is 18.4 Å². The van der Waals surface area contributed by atoms with E-state index >= 15 is 0 Å². The molecule has 1 fully saturated rings. The van der Waals surface area contributed by atoms with E-state index in [0.717, 1.165) is 42.3 Å². The first-order valence-corrected chi connectivity index (χ1v) is 9.19. The van der Waals surface area contributed by atoms with Crippen LogP contribution in [0.25, 0.3) is 0 Å². The van der Waals surface area contributed by atoms with Gasteiger partial charge in [0.05, 0.1) is 6.20 Å². The Morgan fingerprint density at radius 2 is 2.10 bits per heavy atom. The fourth-order valence-corrected chi connectivity index (χ4v) is 4.34. The molecule has 1 aromatic carbocycles. The molecule has 0 aliphatic carbocycles. The average molecular weight is 323 g/mol. The topological polar surface area (TPSA) is 76.3 Å². The van der Waals surface area contributed by atoms with E-state index in [1.807, 2.05) is 18.2 Å². The second kappa shape index (κ2) is 5.75. The van der Waals surface area contributed by atoms with E-state index in [1.165, 1.54) is 11.8 Å². The number of sulfonamides is 1. The van der Waals surface area contributed by atoms with Crippen molar-refractivity contribution in [1.29, 1.82) is 0 Å². The van der Waals surface area contributed by atoms with Crippen LogP contribution in [0.2, 0.25) is 0 Å². The van der Waals surface area contributed by atoms with Crippen molar-refractivity contribution in [2.45, 2.75) is 29.5 Å². The number of hydrogen-bond donors (Lipinski definition) is 1. The molecule has 2 heterocycles. The molecular formula is C14H17N3O2S2. The summed E-state index contributed by atoms with van der Waals surface area (Å²) in [4.78, 5) is 6.44. The quantitative estimate of drug-likeness (QED) is 0.933. The summed E-state index contributed by atoms with van der Waals surface area (Å²) >= 11 is 1.15. The van der Waals surface area contributed by atoms with Crippen molar-refractivity contribution in [2.24, 2.45) is 5.14 Å². The van der Waals surface area contributed by atoms with Gasteiger partial charge in [0.15, 0.2) is 9.34 Å². The van der Waals surface area contributed by atoms with Crippen molar-refractivity contribution in [3.8, 4) is 0 Å². The lowest BCUT2D eigenvalue weighted by molar-refractivity contribution is 0.599. The molecule has 2 aromatic rings. The molecule has 5 nitrogen and oxygen atoms in total. The molecule has 2 N–H and O–H groups in total. The number of thiazole rings is 1. The summed E-state index contributed by atoms with van der Waals surface area (Å²) in [7, 11) is -3.66. The van der Waals surface area contributed by atoms with Crippen LogP contribution in [-0.2, 0) is 16.4 Å². The van der Waals surface area contributed by atoms with Gasteiger partial charge >= 0.3 is 0 Å². The Bertz CT molecular complexity index is 713. The zero-order valence-electron chi connectivity index (χ0n) is 11.5. The monoisotopic (exact) mass is 323 g/mol. The molecule has 0 radical (unpaired) electrons. The fourth-order valence-electron chi connectivity index (χ4n) is 2.70. The highest BCUT2D eigenvalue weighted by molar-refractivity contribution is 7.91. The summed E-state index contributed by atoms with van der Waals surface area (Å²) in [6, 6.07) is 10.7. The van der Waals surface area contributed by atoms with Gasteiger partial charge in [-0.1, -0.05) is 41.7 Å². The number of hydrogen-bond acceptors (Lipinski definition) is 5. The highest BCUT2D eigenvalue weighted by atomic mass is 32.2. The van der Waals surface area contributed by atoms with Crippen molar-refractivity contribution >= 4 is 26.5 Å². The SMILES string of the molecule is NS(=O)(=O)c1cnc(N2CCCC2Cc2ccccc2)s1. The number of anilines is 1. The zero-order chi connectivity index (χ0) is 14.9. The van der Waals surface area contributed by atoms with Crippen molar-refractivity contribution in [1.82, 2.24) is 4.98 Å². The lowest BCUT2D eigenvalue weighted by atomic mass is 10.0. The van der Waals surface area contributed by atoms with Crippen molar-refractivity contribution in [3.05, 3.63) is 42.1 Å². The molecule has 1 unspecified atom stereocenters. The van der Waals surface area contributed by atoms with Gasteiger partial charge in [-0.05, 0) is 24.8 Å². The fraction of sp³-hybridized carbons (Fsp3) is 0.357. The molecule has 112 valence electrons. The van der Waals surface area contributed by atoms with Gasteiger partial charge in [-0.3, -0.25) is 0 Å². The summed E-state index contributed by atoms with van der Waals surface area (Å²) < 4.78 is 22.9. The zero-order valence-corrected chi connectivity index (χ0v) is 13.1. The normalized spacial score (nSPS) is 19.1. The molecule has 7 heteroatoms. The number of rotatable bonds is 4. The van der Waals surface area contributed by atoms with Crippen LogP contribution >= 0.6 is 11.3 Å². The number of nitrogens with zero attached hydrogens (tertiary/aromatic N) is 2. The number of nitrogens with two attached hydrogens (primary N) is 1. The predicted molar refractivity (Wildman–Crippen MR) is 84.0 cm³/mol. The van der Waals surface area contributed by atoms with E-state index in [9.17, 15) is 8.42 Å². The van der Waals surface area contributed by atoms with E-state index in [-0.39, 0.29) is 4.21 Å². The molecule has 1 aromatic heterocycles. The van der Waals surface area contributed by atoms with Crippen LogP contribution < -0.4 is 10.0 Å². The number of benzene rings is 1. The summed E-state index contributed by atoms with van der Waals surface area (Å²) in [5, 5.41) is 5.90. The Balaban J connectivity index is 1.79. The minimum atomic E-state index is -3.66. The van der Waals surface area contributed by atoms with Crippen LogP contribution in [-0.4, -0.2) is 26.0 Å². The molecule has 3 rings (SSSR count). The lowest BCUT2D eigenvalue weighted by Crippen LogP contribution is -2.30. The van der Waals surface area contributed by atoms with Gasteiger partial charge < -0.3 is 4.90 Å². The minimum absolute atomic E-state index is 0.128. The standard InChI is InChI=1S/C14H17N3O2S2/c15-21(18,19)13-10-16-14(20-13)17-8-4-7-12(17)9-11-5-2-1-3-6-11/h1-3,5-6,10,12H,4,7-9H2,(H2,15,18,19). The van der Waals surface area contributed by atoms with Gasteiger partial charge in [0.25, 0.3) is 0 Å². The third kappa shape index (κ3) is 3.25. The predicted octanol–water partition coefficient (Wildman–Crippen LogP) is 2.00. The Labute approximate surface area is 128 Å². The molecule has 0 spiro atoms. The second-order valence-corrected chi connectivity index (χ2v) is 7.98. The molecule has 0 bridgehead atoms. The molecule has 0 saturated carbocycles. The highest BCUT2D eigenvalue weighted by Gasteiger charge is 2.28. The average Bonchev–Trinajstić information content (AvgIpc) is 3.07. The first kappa shape index (κ1) is 14.5. The highest BCUT2D eigenvalue weighted by Crippen LogP contribution is 2.32. The van der Waals surface area contributed by atoms with Crippen LogP contribution in [0.4, 0.5) is 5.13 Å². The van der Waals surface area contributed by atoms with Crippen LogP contribution in [0.3, 0.4) is 0 Å². The van der Waals surface area contributed by atoms with Crippen LogP contribution in [0.5, 0.6) is 0 Å². The second-order valence-electron chi connectivity index (χ2n) is 5.19. The largest absolute Gasteiger partial charge is 0.345 e. The number of primary sulfonamides is 1.